The first-order valence-corrected chi connectivity index (χ1v) is 8.87. The molecule has 1 aromatic rings. The highest BCUT2D eigenvalue weighted by Crippen LogP contribution is 2.16. The Bertz CT molecular complexity index is 608. The van der Waals surface area contributed by atoms with Crippen LogP contribution in [0.4, 0.5) is 5.69 Å². The lowest BCUT2D eigenvalue weighted by Gasteiger charge is -2.35. The van der Waals surface area contributed by atoms with Crippen molar-refractivity contribution in [3.05, 3.63) is 12.4 Å². The Labute approximate surface area is 173 Å². The molecule has 8 nitrogen and oxygen atoms in total. The van der Waals surface area contributed by atoms with Gasteiger partial charge in [-0.2, -0.15) is 5.10 Å². The van der Waals surface area contributed by atoms with Crippen molar-refractivity contribution in [3.8, 4) is 0 Å². The molecule has 0 bridgehead atoms. The van der Waals surface area contributed by atoms with Gasteiger partial charge >= 0.3 is 0 Å². The molecular weight excluding hydrogens is 445 g/mol. The van der Waals surface area contributed by atoms with E-state index in [9.17, 15) is 4.79 Å². The van der Waals surface area contributed by atoms with Gasteiger partial charge in [-0.15, -0.1) is 24.0 Å². The maximum Gasteiger partial charge on any atom is 0.246 e. The number of hydrogen-bond donors (Lipinski definition) is 2. The molecule has 0 unspecified atom stereocenters. The van der Waals surface area contributed by atoms with E-state index in [1.54, 1.807) is 15.8 Å². The van der Waals surface area contributed by atoms with Gasteiger partial charge in [0.05, 0.1) is 18.4 Å². The summed E-state index contributed by atoms with van der Waals surface area (Å²) in [5.41, 5.74) is 0.933. The largest absolute Gasteiger partial charge is 0.357 e. The lowest BCUT2D eigenvalue weighted by Crippen LogP contribution is -2.55. The van der Waals surface area contributed by atoms with E-state index in [0.717, 1.165) is 31.3 Å². The number of rotatable bonds is 5. The van der Waals surface area contributed by atoms with Crippen LogP contribution in [0, 0.1) is 0 Å². The predicted molar refractivity (Wildman–Crippen MR) is 116 cm³/mol. The first-order valence-electron chi connectivity index (χ1n) is 8.87. The zero-order valence-corrected chi connectivity index (χ0v) is 18.8. The fraction of sp³-hybridized carbons (Fsp3) is 0.706. The number of carbonyl (C=O) groups excluding carboxylic acids is 1. The summed E-state index contributed by atoms with van der Waals surface area (Å²) in [6.07, 6.45) is 3.59. The Balaban J connectivity index is 0.00000338. The molecule has 0 saturated carbocycles. The van der Waals surface area contributed by atoms with Crippen LogP contribution < -0.4 is 15.5 Å². The standard InChI is InChI=1S/C17H31N7O.HI/c1-6-18-16(19-7-8-20-17(2,3)4)23-9-10-24(15(25)13-23)14-11-21-22(5)12-14;/h11-12,20H,6-10,13H2,1-5H3,(H,18,19);1H. The molecule has 1 aliphatic rings. The number of carbonyl (C=O) groups is 1. The number of aryl methyl sites for hydroxylation is 1. The van der Waals surface area contributed by atoms with Gasteiger partial charge < -0.3 is 20.4 Å². The third kappa shape index (κ3) is 6.75. The van der Waals surface area contributed by atoms with Crippen LogP contribution in [0.1, 0.15) is 27.7 Å². The monoisotopic (exact) mass is 477 g/mol. The Morgan fingerprint density at radius 2 is 2.08 bits per heavy atom. The molecule has 2 N–H and O–H groups in total. The minimum Gasteiger partial charge on any atom is -0.357 e. The van der Waals surface area contributed by atoms with Gasteiger partial charge in [-0.3, -0.25) is 14.5 Å². The number of piperazine rings is 1. The first-order chi connectivity index (χ1) is 11.8. The van der Waals surface area contributed by atoms with Gasteiger partial charge in [-0.25, -0.2) is 0 Å². The Kier molecular flexibility index (Phi) is 8.81. The topological polar surface area (TPSA) is 77.8 Å². The molecule has 0 aromatic carbocycles. The van der Waals surface area contributed by atoms with E-state index in [2.05, 4.69) is 41.5 Å². The zero-order chi connectivity index (χ0) is 18.4. The maximum atomic E-state index is 12.5. The van der Waals surface area contributed by atoms with Crippen LogP contribution in [0.5, 0.6) is 0 Å². The van der Waals surface area contributed by atoms with E-state index in [4.69, 9.17) is 0 Å². The SMILES string of the molecule is CCNC(=NCCNC(C)(C)C)N1CCN(c2cnn(C)c2)C(=O)C1.I. The van der Waals surface area contributed by atoms with Crippen LogP contribution in [0.2, 0.25) is 0 Å². The number of guanidine groups is 1. The molecule has 1 aromatic heterocycles. The number of hydrogen-bond acceptors (Lipinski definition) is 4. The highest BCUT2D eigenvalue weighted by molar-refractivity contribution is 14.0. The highest BCUT2D eigenvalue weighted by atomic mass is 127. The fourth-order valence-corrected chi connectivity index (χ4v) is 2.69. The first kappa shape index (κ1) is 22.7. The van der Waals surface area contributed by atoms with Crippen molar-refractivity contribution in [3.63, 3.8) is 0 Å². The van der Waals surface area contributed by atoms with Crippen molar-refractivity contribution < 1.29 is 4.79 Å². The summed E-state index contributed by atoms with van der Waals surface area (Å²) in [4.78, 5) is 21.0. The van der Waals surface area contributed by atoms with Crippen LogP contribution in [0.3, 0.4) is 0 Å². The average Bonchev–Trinajstić information content (AvgIpc) is 2.95. The minimum absolute atomic E-state index is 0. The molecular formula is C17H32IN7O. The fourth-order valence-electron chi connectivity index (χ4n) is 2.69. The quantitative estimate of drug-likeness (QED) is 0.287. The third-order valence-corrected chi connectivity index (χ3v) is 3.89. The van der Waals surface area contributed by atoms with Crippen molar-refractivity contribution >= 4 is 41.5 Å². The van der Waals surface area contributed by atoms with Crippen LogP contribution in [-0.2, 0) is 11.8 Å². The van der Waals surface area contributed by atoms with E-state index in [1.165, 1.54) is 0 Å². The van der Waals surface area contributed by atoms with Gasteiger partial charge in [-0.1, -0.05) is 0 Å². The Morgan fingerprint density at radius 3 is 2.62 bits per heavy atom. The molecule has 0 spiro atoms. The maximum absolute atomic E-state index is 12.5. The van der Waals surface area contributed by atoms with E-state index >= 15 is 0 Å². The van der Waals surface area contributed by atoms with Crippen molar-refractivity contribution in [2.24, 2.45) is 12.0 Å². The van der Waals surface area contributed by atoms with Gasteiger partial charge in [-0.05, 0) is 27.7 Å². The molecule has 26 heavy (non-hydrogen) atoms. The van der Waals surface area contributed by atoms with E-state index in [0.29, 0.717) is 19.6 Å². The molecule has 2 rings (SSSR count). The van der Waals surface area contributed by atoms with Gasteiger partial charge in [0.1, 0.15) is 6.54 Å². The van der Waals surface area contributed by atoms with Gasteiger partial charge in [0.15, 0.2) is 5.96 Å². The third-order valence-electron chi connectivity index (χ3n) is 3.89. The normalized spacial score (nSPS) is 15.9. The van der Waals surface area contributed by atoms with Crippen LogP contribution in [0.25, 0.3) is 0 Å². The van der Waals surface area contributed by atoms with Crippen LogP contribution in [-0.4, -0.2) is 71.4 Å². The lowest BCUT2D eigenvalue weighted by molar-refractivity contribution is -0.120. The van der Waals surface area contributed by atoms with E-state index < -0.39 is 0 Å². The van der Waals surface area contributed by atoms with Gasteiger partial charge in [0, 0.05) is 45.0 Å². The molecule has 1 aliphatic heterocycles. The highest BCUT2D eigenvalue weighted by Gasteiger charge is 2.27. The van der Waals surface area contributed by atoms with Crippen LogP contribution >= 0.6 is 24.0 Å². The van der Waals surface area contributed by atoms with Crippen molar-refractivity contribution in [2.45, 2.75) is 33.2 Å². The summed E-state index contributed by atoms with van der Waals surface area (Å²) in [5.74, 6) is 0.870. The smallest absolute Gasteiger partial charge is 0.246 e. The second-order valence-corrected chi connectivity index (χ2v) is 7.25. The molecule has 2 heterocycles. The van der Waals surface area contributed by atoms with Crippen molar-refractivity contribution in [1.82, 2.24) is 25.3 Å². The number of aliphatic imine (C=N–C) groups is 1. The number of anilines is 1. The number of nitrogens with zero attached hydrogens (tertiary/aromatic N) is 5. The van der Waals surface area contributed by atoms with Crippen molar-refractivity contribution in [1.29, 1.82) is 0 Å². The van der Waals surface area contributed by atoms with E-state index in [1.807, 2.05) is 25.1 Å². The molecule has 9 heteroatoms. The molecule has 148 valence electrons. The molecule has 1 amide bonds. The summed E-state index contributed by atoms with van der Waals surface area (Å²) in [5, 5.41) is 10.9. The molecule has 0 aliphatic carbocycles. The number of nitrogens with one attached hydrogen (secondary N) is 2. The molecule has 0 atom stereocenters. The molecule has 0 radical (unpaired) electrons. The van der Waals surface area contributed by atoms with E-state index in [-0.39, 0.29) is 35.4 Å². The Morgan fingerprint density at radius 1 is 1.35 bits per heavy atom. The lowest BCUT2D eigenvalue weighted by atomic mass is 10.1. The second-order valence-electron chi connectivity index (χ2n) is 7.25. The summed E-state index contributed by atoms with van der Waals surface area (Å²) in [6, 6.07) is 0. The molecule has 1 fully saturated rings. The van der Waals surface area contributed by atoms with Gasteiger partial charge in [0.25, 0.3) is 0 Å². The van der Waals surface area contributed by atoms with Crippen LogP contribution in [0.15, 0.2) is 17.4 Å². The zero-order valence-electron chi connectivity index (χ0n) is 16.4. The molecule has 1 saturated heterocycles. The van der Waals surface area contributed by atoms with Gasteiger partial charge in [0.2, 0.25) is 5.91 Å². The Hall–Kier alpha value is -1.36. The summed E-state index contributed by atoms with van der Waals surface area (Å²) in [6.45, 7) is 12.4. The number of halogens is 1. The summed E-state index contributed by atoms with van der Waals surface area (Å²) >= 11 is 0. The average molecular weight is 477 g/mol. The summed E-state index contributed by atoms with van der Waals surface area (Å²) in [7, 11) is 1.85. The summed E-state index contributed by atoms with van der Waals surface area (Å²) < 4.78 is 1.71. The van der Waals surface area contributed by atoms with Crippen molar-refractivity contribution in [2.75, 3.05) is 44.2 Å². The predicted octanol–water partition coefficient (Wildman–Crippen LogP) is 1.04. The second kappa shape index (κ2) is 10.1. The minimum atomic E-state index is 0. The number of amides is 1. The number of aromatic nitrogens is 2.